The molecule has 0 radical (unpaired) electrons. The van der Waals surface area contributed by atoms with Gasteiger partial charge in [-0.3, -0.25) is 9.59 Å². The SMILES string of the molecule is CC(=O)O.Cc1c(O)c(=O)ccn1C. The van der Waals surface area contributed by atoms with Crippen LogP contribution in [0.2, 0.25) is 0 Å². The molecular weight excluding hydrogens is 186 g/mol. The third kappa shape index (κ3) is 3.75. The molecule has 1 aromatic rings. The molecule has 0 amide bonds. The Morgan fingerprint density at radius 3 is 2.29 bits per heavy atom. The van der Waals surface area contributed by atoms with E-state index in [9.17, 15) is 4.79 Å². The summed E-state index contributed by atoms with van der Waals surface area (Å²) in [5.41, 5.74) is 0.267. The average Bonchev–Trinajstić information content (AvgIpc) is 2.07. The molecule has 0 aromatic carbocycles. The van der Waals surface area contributed by atoms with Crippen LogP contribution in [0.4, 0.5) is 0 Å². The number of carbonyl (C=O) groups is 1. The van der Waals surface area contributed by atoms with Crippen molar-refractivity contribution in [3.8, 4) is 5.75 Å². The Bertz CT molecular complexity index is 377. The van der Waals surface area contributed by atoms with Gasteiger partial charge < -0.3 is 14.8 Å². The lowest BCUT2D eigenvalue weighted by atomic mass is 10.3. The fourth-order valence-corrected chi connectivity index (χ4v) is 0.716. The molecule has 0 saturated heterocycles. The zero-order valence-corrected chi connectivity index (χ0v) is 8.31. The van der Waals surface area contributed by atoms with Crippen LogP contribution < -0.4 is 5.43 Å². The Labute approximate surface area is 81.2 Å². The van der Waals surface area contributed by atoms with Crippen molar-refractivity contribution in [3.63, 3.8) is 0 Å². The summed E-state index contributed by atoms with van der Waals surface area (Å²) in [6.07, 6.45) is 1.62. The average molecular weight is 199 g/mol. The summed E-state index contributed by atoms with van der Waals surface area (Å²) in [6, 6.07) is 1.34. The van der Waals surface area contributed by atoms with Gasteiger partial charge in [-0.15, -0.1) is 0 Å². The maximum Gasteiger partial charge on any atom is 0.300 e. The van der Waals surface area contributed by atoms with Crippen LogP contribution in [0, 0.1) is 6.92 Å². The third-order valence-corrected chi connectivity index (χ3v) is 1.55. The molecule has 1 rings (SSSR count). The number of carboxylic acid groups (broad SMARTS) is 1. The monoisotopic (exact) mass is 199 g/mol. The molecule has 0 aliphatic rings. The predicted molar refractivity (Wildman–Crippen MR) is 51.4 cm³/mol. The smallest absolute Gasteiger partial charge is 0.300 e. The van der Waals surface area contributed by atoms with E-state index in [-0.39, 0.29) is 11.2 Å². The molecule has 78 valence electrons. The number of carboxylic acids is 1. The van der Waals surface area contributed by atoms with Crippen molar-refractivity contribution in [2.75, 3.05) is 0 Å². The maximum absolute atomic E-state index is 10.7. The molecule has 14 heavy (non-hydrogen) atoms. The van der Waals surface area contributed by atoms with Gasteiger partial charge in [-0.2, -0.15) is 0 Å². The van der Waals surface area contributed by atoms with Crippen molar-refractivity contribution >= 4 is 5.97 Å². The maximum atomic E-state index is 10.7. The number of hydrogen-bond donors (Lipinski definition) is 2. The van der Waals surface area contributed by atoms with Gasteiger partial charge in [-0.05, 0) is 6.92 Å². The minimum atomic E-state index is -0.833. The first-order chi connectivity index (χ1) is 6.36. The highest BCUT2D eigenvalue weighted by atomic mass is 16.4. The topological polar surface area (TPSA) is 79.5 Å². The number of hydrogen-bond acceptors (Lipinski definition) is 3. The zero-order valence-electron chi connectivity index (χ0n) is 8.31. The van der Waals surface area contributed by atoms with E-state index in [1.165, 1.54) is 6.07 Å². The van der Waals surface area contributed by atoms with Gasteiger partial charge in [0.2, 0.25) is 5.43 Å². The van der Waals surface area contributed by atoms with Crippen molar-refractivity contribution in [3.05, 3.63) is 28.2 Å². The van der Waals surface area contributed by atoms with Crippen LogP contribution in [0.5, 0.6) is 5.75 Å². The molecule has 0 saturated carbocycles. The molecule has 2 N–H and O–H groups in total. The number of aromatic nitrogens is 1. The van der Waals surface area contributed by atoms with Crippen molar-refractivity contribution < 1.29 is 15.0 Å². The first-order valence-electron chi connectivity index (χ1n) is 3.91. The van der Waals surface area contributed by atoms with Crippen molar-refractivity contribution in [2.24, 2.45) is 7.05 Å². The first-order valence-corrected chi connectivity index (χ1v) is 3.91. The van der Waals surface area contributed by atoms with Gasteiger partial charge in [0.1, 0.15) is 0 Å². The quantitative estimate of drug-likeness (QED) is 0.637. The number of aliphatic carboxylic acids is 1. The van der Waals surface area contributed by atoms with Crippen LogP contribution in [0.15, 0.2) is 17.1 Å². The van der Waals surface area contributed by atoms with Crippen LogP contribution >= 0.6 is 0 Å². The zero-order chi connectivity index (χ0) is 11.3. The van der Waals surface area contributed by atoms with Gasteiger partial charge in [0.05, 0.1) is 5.69 Å². The molecule has 5 nitrogen and oxygen atoms in total. The Hall–Kier alpha value is -1.78. The van der Waals surface area contributed by atoms with Gasteiger partial charge in [0.25, 0.3) is 5.97 Å². The molecule has 0 fully saturated rings. The lowest BCUT2D eigenvalue weighted by Gasteiger charge is -2.02. The molecule has 0 aliphatic heterocycles. The van der Waals surface area contributed by atoms with Crippen LogP contribution in [0.1, 0.15) is 12.6 Å². The summed E-state index contributed by atoms with van der Waals surface area (Å²) >= 11 is 0. The number of aryl methyl sites for hydroxylation is 1. The van der Waals surface area contributed by atoms with Gasteiger partial charge in [-0.1, -0.05) is 0 Å². The van der Waals surface area contributed by atoms with Crippen LogP contribution in [0.3, 0.4) is 0 Å². The van der Waals surface area contributed by atoms with Crippen LogP contribution in [-0.2, 0) is 11.8 Å². The van der Waals surface area contributed by atoms with E-state index >= 15 is 0 Å². The van der Waals surface area contributed by atoms with E-state index in [2.05, 4.69) is 0 Å². The van der Waals surface area contributed by atoms with E-state index in [0.717, 1.165) is 6.92 Å². The molecule has 0 aliphatic carbocycles. The van der Waals surface area contributed by atoms with Crippen LogP contribution in [0.25, 0.3) is 0 Å². The lowest BCUT2D eigenvalue weighted by molar-refractivity contribution is -0.134. The van der Waals surface area contributed by atoms with Gasteiger partial charge in [0.15, 0.2) is 5.75 Å². The lowest BCUT2D eigenvalue weighted by Crippen LogP contribution is -2.06. The molecule has 1 heterocycles. The molecule has 0 unspecified atom stereocenters. The number of aromatic hydroxyl groups is 1. The fourth-order valence-electron chi connectivity index (χ4n) is 0.716. The highest BCUT2D eigenvalue weighted by molar-refractivity contribution is 5.62. The normalized spacial score (nSPS) is 8.79. The molecule has 1 aromatic heterocycles. The summed E-state index contributed by atoms with van der Waals surface area (Å²) in [4.78, 5) is 19.7. The summed E-state index contributed by atoms with van der Waals surface area (Å²) in [7, 11) is 1.77. The minimum Gasteiger partial charge on any atom is -0.503 e. The largest absolute Gasteiger partial charge is 0.503 e. The highest BCUT2D eigenvalue weighted by Gasteiger charge is 2.00. The second-order valence-corrected chi connectivity index (χ2v) is 2.74. The Balaban J connectivity index is 0.000000364. The molecular formula is C9H13NO4. The fraction of sp³-hybridized carbons (Fsp3) is 0.333. The standard InChI is InChI=1S/C7H9NO2.C2H4O2/c1-5-7(10)6(9)3-4-8(5)2;1-2(3)4/h3-4,10H,1-2H3;1H3,(H,3,4). The third-order valence-electron chi connectivity index (χ3n) is 1.55. The summed E-state index contributed by atoms with van der Waals surface area (Å²) in [5, 5.41) is 16.5. The number of nitrogens with zero attached hydrogens (tertiary/aromatic N) is 1. The van der Waals surface area contributed by atoms with Gasteiger partial charge in [-0.25, -0.2) is 0 Å². The molecule has 0 bridgehead atoms. The van der Waals surface area contributed by atoms with Crippen molar-refractivity contribution in [1.29, 1.82) is 0 Å². The van der Waals surface area contributed by atoms with E-state index in [0.29, 0.717) is 5.69 Å². The van der Waals surface area contributed by atoms with Crippen molar-refractivity contribution in [1.82, 2.24) is 4.57 Å². The Morgan fingerprint density at radius 1 is 1.50 bits per heavy atom. The second kappa shape index (κ2) is 5.06. The van der Waals surface area contributed by atoms with E-state index < -0.39 is 5.97 Å². The number of rotatable bonds is 0. The molecule has 0 spiro atoms. The predicted octanol–water partition coefficient (Wildman–Crippen LogP) is 0.490. The highest BCUT2D eigenvalue weighted by Crippen LogP contribution is 2.06. The van der Waals surface area contributed by atoms with E-state index in [4.69, 9.17) is 15.0 Å². The summed E-state index contributed by atoms with van der Waals surface area (Å²) in [5.74, 6) is -0.995. The Morgan fingerprint density at radius 2 is 1.93 bits per heavy atom. The van der Waals surface area contributed by atoms with E-state index in [1.807, 2.05) is 0 Å². The molecule has 5 heteroatoms. The number of pyridine rings is 1. The first kappa shape index (κ1) is 12.2. The van der Waals surface area contributed by atoms with Gasteiger partial charge >= 0.3 is 0 Å². The van der Waals surface area contributed by atoms with Gasteiger partial charge in [0, 0.05) is 26.2 Å². The summed E-state index contributed by atoms with van der Waals surface area (Å²) < 4.78 is 1.69. The summed E-state index contributed by atoms with van der Waals surface area (Å²) in [6.45, 7) is 2.77. The Kier molecular flexibility index (Phi) is 4.42. The van der Waals surface area contributed by atoms with Crippen LogP contribution in [-0.4, -0.2) is 20.7 Å². The second-order valence-electron chi connectivity index (χ2n) is 2.74. The van der Waals surface area contributed by atoms with Crippen molar-refractivity contribution in [2.45, 2.75) is 13.8 Å². The van der Waals surface area contributed by atoms with E-state index in [1.54, 1.807) is 24.7 Å². The molecule has 0 atom stereocenters. The minimum absolute atomic E-state index is 0.162.